The summed E-state index contributed by atoms with van der Waals surface area (Å²) in [6.45, 7) is 2.75. The summed E-state index contributed by atoms with van der Waals surface area (Å²) in [5, 5.41) is 2.56. The fourth-order valence-corrected chi connectivity index (χ4v) is 1.02. The van der Waals surface area contributed by atoms with Crippen molar-refractivity contribution in [3.05, 3.63) is 24.3 Å². The van der Waals surface area contributed by atoms with Crippen molar-refractivity contribution in [3.63, 3.8) is 0 Å². The van der Waals surface area contributed by atoms with Crippen LogP contribution in [0.5, 0.6) is 5.75 Å². The number of rotatable bonds is 4. The Morgan fingerprint density at radius 2 is 2.00 bits per heavy atom. The molecule has 0 bridgehead atoms. The van der Waals surface area contributed by atoms with Gasteiger partial charge in [-0.3, -0.25) is 5.32 Å². The predicted molar refractivity (Wildman–Crippen MR) is 58.3 cm³/mol. The third-order valence-electron chi connectivity index (χ3n) is 1.76. The molecular weight excluding hydrogens is 194 g/mol. The van der Waals surface area contributed by atoms with E-state index in [0.29, 0.717) is 12.3 Å². The summed E-state index contributed by atoms with van der Waals surface area (Å²) >= 11 is 0. The second kappa shape index (κ2) is 5.90. The van der Waals surface area contributed by atoms with Crippen molar-refractivity contribution in [1.82, 2.24) is 0 Å². The lowest BCUT2D eigenvalue weighted by atomic mass is 10.3. The maximum atomic E-state index is 10.9. The molecule has 0 saturated carbocycles. The van der Waals surface area contributed by atoms with Crippen LogP contribution >= 0.6 is 0 Å². The van der Waals surface area contributed by atoms with E-state index >= 15 is 0 Å². The van der Waals surface area contributed by atoms with Gasteiger partial charge in [-0.1, -0.05) is 6.92 Å². The van der Waals surface area contributed by atoms with Crippen molar-refractivity contribution >= 4 is 11.8 Å². The van der Waals surface area contributed by atoms with E-state index in [1.807, 2.05) is 6.92 Å². The van der Waals surface area contributed by atoms with Crippen LogP contribution in [-0.2, 0) is 4.74 Å². The molecule has 0 atom stereocenters. The van der Waals surface area contributed by atoms with Crippen molar-refractivity contribution in [2.24, 2.45) is 0 Å². The molecule has 0 aromatic heterocycles. The Kier molecular flexibility index (Phi) is 4.47. The Hall–Kier alpha value is -1.71. The summed E-state index contributed by atoms with van der Waals surface area (Å²) in [5.41, 5.74) is 0.686. The van der Waals surface area contributed by atoms with Crippen LogP contribution in [-0.4, -0.2) is 19.8 Å². The van der Waals surface area contributed by atoms with Crippen LogP contribution in [0.1, 0.15) is 13.3 Å². The SMILES string of the molecule is CCCOc1ccc(NC(=O)OC)cc1. The molecule has 1 rings (SSSR count). The van der Waals surface area contributed by atoms with Gasteiger partial charge in [0.05, 0.1) is 13.7 Å². The van der Waals surface area contributed by atoms with E-state index < -0.39 is 6.09 Å². The molecule has 0 aliphatic heterocycles. The van der Waals surface area contributed by atoms with Crippen molar-refractivity contribution in [2.45, 2.75) is 13.3 Å². The van der Waals surface area contributed by atoms with Crippen molar-refractivity contribution in [2.75, 3.05) is 19.0 Å². The quantitative estimate of drug-likeness (QED) is 0.829. The van der Waals surface area contributed by atoms with Crippen LogP contribution in [0.25, 0.3) is 0 Å². The normalized spacial score (nSPS) is 9.47. The van der Waals surface area contributed by atoms with E-state index in [2.05, 4.69) is 10.1 Å². The van der Waals surface area contributed by atoms with Gasteiger partial charge in [0, 0.05) is 5.69 Å². The lowest BCUT2D eigenvalue weighted by Crippen LogP contribution is -2.10. The number of hydrogen-bond donors (Lipinski definition) is 1. The van der Waals surface area contributed by atoms with Crippen LogP contribution in [0.3, 0.4) is 0 Å². The number of hydrogen-bond acceptors (Lipinski definition) is 3. The fraction of sp³-hybridized carbons (Fsp3) is 0.364. The maximum Gasteiger partial charge on any atom is 0.411 e. The van der Waals surface area contributed by atoms with Crippen molar-refractivity contribution in [1.29, 1.82) is 0 Å². The van der Waals surface area contributed by atoms with Crippen molar-refractivity contribution < 1.29 is 14.3 Å². The molecule has 15 heavy (non-hydrogen) atoms. The predicted octanol–water partition coefficient (Wildman–Crippen LogP) is 2.65. The van der Waals surface area contributed by atoms with Crippen LogP contribution in [0.4, 0.5) is 10.5 Å². The number of carbonyl (C=O) groups is 1. The number of amides is 1. The minimum atomic E-state index is -0.475. The summed E-state index contributed by atoms with van der Waals surface area (Å²) in [6.07, 6.45) is 0.500. The summed E-state index contributed by atoms with van der Waals surface area (Å²) < 4.78 is 9.87. The topological polar surface area (TPSA) is 47.6 Å². The van der Waals surface area contributed by atoms with Gasteiger partial charge in [0.2, 0.25) is 0 Å². The first-order chi connectivity index (χ1) is 7.26. The summed E-state index contributed by atoms with van der Waals surface area (Å²) in [7, 11) is 1.33. The smallest absolute Gasteiger partial charge is 0.411 e. The minimum Gasteiger partial charge on any atom is -0.494 e. The number of anilines is 1. The monoisotopic (exact) mass is 209 g/mol. The average Bonchev–Trinajstić information content (AvgIpc) is 2.28. The first-order valence-electron chi connectivity index (χ1n) is 4.84. The number of methoxy groups -OCH3 is 1. The van der Waals surface area contributed by atoms with E-state index in [1.165, 1.54) is 7.11 Å². The molecule has 0 saturated heterocycles. The molecule has 0 unspecified atom stereocenters. The fourth-order valence-electron chi connectivity index (χ4n) is 1.02. The maximum absolute atomic E-state index is 10.9. The molecule has 1 aromatic rings. The van der Waals surface area contributed by atoms with Gasteiger partial charge in [0.25, 0.3) is 0 Å². The number of carbonyl (C=O) groups excluding carboxylic acids is 1. The highest BCUT2D eigenvalue weighted by Gasteiger charge is 2.00. The molecule has 4 nitrogen and oxygen atoms in total. The van der Waals surface area contributed by atoms with E-state index in [0.717, 1.165) is 12.2 Å². The third-order valence-corrected chi connectivity index (χ3v) is 1.76. The Morgan fingerprint density at radius 1 is 1.33 bits per heavy atom. The molecule has 0 spiro atoms. The second-order valence-corrected chi connectivity index (χ2v) is 2.99. The third kappa shape index (κ3) is 3.89. The summed E-state index contributed by atoms with van der Waals surface area (Å²) in [5.74, 6) is 0.798. The highest BCUT2D eigenvalue weighted by Crippen LogP contribution is 2.15. The van der Waals surface area contributed by atoms with Crippen LogP contribution in [0, 0.1) is 0 Å². The largest absolute Gasteiger partial charge is 0.494 e. The first-order valence-corrected chi connectivity index (χ1v) is 4.84. The van der Waals surface area contributed by atoms with E-state index in [4.69, 9.17) is 4.74 Å². The highest BCUT2D eigenvalue weighted by atomic mass is 16.5. The van der Waals surface area contributed by atoms with E-state index in [1.54, 1.807) is 24.3 Å². The number of nitrogens with one attached hydrogen (secondary N) is 1. The molecule has 1 N–H and O–H groups in total. The molecule has 4 heteroatoms. The molecule has 1 aromatic carbocycles. The lowest BCUT2D eigenvalue weighted by molar-refractivity contribution is 0.187. The van der Waals surface area contributed by atoms with Crippen molar-refractivity contribution in [3.8, 4) is 5.75 Å². The van der Waals surface area contributed by atoms with Gasteiger partial charge in [0.15, 0.2) is 0 Å². The summed E-state index contributed by atoms with van der Waals surface area (Å²) in [6, 6.07) is 7.14. The number of ether oxygens (including phenoxy) is 2. The first kappa shape index (κ1) is 11.4. The molecule has 0 aliphatic carbocycles. The van der Waals surface area contributed by atoms with Gasteiger partial charge in [0.1, 0.15) is 5.75 Å². The lowest BCUT2D eigenvalue weighted by Gasteiger charge is -2.06. The second-order valence-electron chi connectivity index (χ2n) is 2.99. The number of benzene rings is 1. The zero-order valence-electron chi connectivity index (χ0n) is 8.95. The highest BCUT2D eigenvalue weighted by molar-refractivity contribution is 5.84. The zero-order chi connectivity index (χ0) is 11.1. The van der Waals surface area contributed by atoms with Gasteiger partial charge < -0.3 is 9.47 Å². The Labute approximate surface area is 89.2 Å². The van der Waals surface area contributed by atoms with Gasteiger partial charge >= 0.3 is 6.09 Å². The van der Waals surface area contributed by atoms with Gasteiger partial charge in [-0.2, -0.15) is 0 Å². The Bertz CT molecular complexity index is 308. The van der Waals surface area contributed by atoms with Crippen LogP contribution < -0.4 is 10.1 Å². The molecule has 0 aliphatic rings. The van der Waals surface area contributed by atoms with Gasteiger partial charge in [-0.25, -0.2) is 4.79 Å². The average molecular weight is 209 g/mol. The molecule has 0 fully saturated rings. The standard InChI is InChI=1S/C11H15NO3/c1-3-8-15-10-6-4-9(5-7-10)12-11(13)14-2/h4-7H,3,8H2,1-2H3,(H,12,13). The van der Waals surface area contributed by atoms with E-state index in [9.17, 15) is 4.79 Å². The van der Waals surface area contributed by atoms with Crippen LogP contribution in [0.2, 0.25) is 0 Å². The molecule has 0 radical (unpaired) electrons. The molecular formula is C11H15NO3. The van der Waals surface area contributed by atoms with E-state index in [-0.39, 0.29) is 0 Å². The molecule has 82 valence electrons. The molecule has 1 amide bonds. The van der Waals surface area contributed by atoms with Gasteiger partial charge in [-0.15, -0.1) is 0 Å². The summed E-state index contributed by atoms with van der Waals surface area (Å²) in [4.78, 5) is 10.9. The van der Waals surface area contributed by atoms with Crippen LogP contribution in [0.15, 0.2) is 24.3 Å². The minimum absolute atomic E-state index is 0.475. The zero-order valence-corrected chi connectivity index (χ0v) is 8.95. The Balaban J connectivity index is 2.52. The van der Waals surface area contributed by atoms with Gasteiger partial charge in [-0.05, 0) is 30.7 Å². The Morgan fingerprint density at radius 3 is 2.53 bits per heavy atom. The molecule has 0 heterocycles.